The van der Waals surface area contributed by atoms with Gasteiger partial charge in [0.25, 0.3) is 0 Å². The minimum atomic E-state index is -0.230. The van der Waals surface area contributed by atoms with Crippen molar-refractivity contribution in [1.82, 2.24) is 10.1 Å². The zero-order valence-corrected chi connectivity index (χ0v) is 10.3. The molecule has 0 amide bonds. The molecular formula is C13H17N3O. The highest BCUT2D eigenvalue weighted by Crippen LogP contribution is 2.21. The van der Waals surface area contributed by atoms with Crippen molar-refractivity contribution in [3.8, 4) is 11.4 Å². The van der Waals surface area contributed by atoms with E-state index in [9.17, 15) is 0 Å². The van der Waals surface area contributed by atoms with Crippen molar-refractivity contribution in [2.75, 3.05) is 0 Å². The molecular weight excluding hydrogens is 214 g/mol. The van der Waals surface area contributed by atoms with Crippen molar-refractivity contribution >= 4 is 0 Å². The predicted octanol–water partition coefficient (Wildman–Crippen LogP) is 2.88. The van der Waals surface area contributed by atoms with Crippen LogP contribution in [0.3, 0.4) is 0 Å². The van der Waals surface area contributed by atoms with Gasteiger partial charge in [-0.2, -0.15) is 4.98 Å². The molecule has 4 nitrogen and oxygen atoms in total. The normalized spacial score (nSPS) is 13.0. The lowest BCUT2D eigenvalue weighted by molar-refractivity contribution is 0.362. The summed E-state index contributed by atoms with van der Waals surface area (Å²) in [6.07, 6.45) is 0. The molecule has 0 saturated carbocycles. The Balaban J connectivity index is 2.27. The quantitative estimate of drug-likeness (QED) is 0.882. The van der Waals surface area contributed by atoms with Gasteiger partial charge < -0.3 is 10.3 Å². The summed E-state index contributed by atoms with van der Waals surface area (Å²) in [6.45, 7) is 6.15. The maximum absolute atomic E-state index is 5.67. The lowest BCUT2D eigenvalue weighted by atomic mass is 10.0. The molecule has 1 unspecified atom stereocenters. The summed E-state index contributed by atoms with van der Waals surface area (Å²) in [4.78, 5) is 4.25. The van der Waals surface area contributed by atoms with Crippen LogP contribution in [0.25, 0.3) is 11.4 Å². The molecule has 0 bridgehead atoms. The van der Waals surface area contributed by atoms with E-state index in [1.54, 1.807) is 0 Å². The van der Waals surface area contributed by atoms with E-state index in [-0.39, 0.29) is 6.04 Å². The molecule has 2 N–H and O–H groups in total. The Labute approximate surface area is 101 Å². The Bertz CT molecular complexity index is 486. The molecule has 4 heteroatoms. The molecule has 1 heterocycles. The highest BCUT2D eigenvalue weighted by Gasteiger charge is 2.11. The van der Waals surface area contributed by atoms with Gasteiger partial charge in [0.2, 0.25) is 11.7 Å². The van der Waals surface area contributed by atoms with Gasteiger partial charge in [-0.3, -0.25) is 0 Å². The van der Waals surface area contributed by atoms with E-state index in [4.69, 9.17) is 10.3 Å². The first-order valence-electron chi connectivity index (χ1n) is 5.77. The molecule has 2 rings (SSSR count). The van der Waals surface area contributed by atoms with Crippen molar-refractivity contribution < 1.29 is 4.52 Å². The molecule has 2 aromatic rings. The van der Waals surface area contributed by atoms with Crippen LogP contribution in [0.4, 0.5) is 0 Å². The zero-order chi connectivity index (χ0) is 12.4. The van der Waals surface area contributed by atoms with Gasteiger partial charge in [0, 0.05) is 5.56 Å². The summed E-state index contributed by atoms with van der Waals surface area (Å²) in [6, 6.07) is 7.95. The summed E-state index contributed by atoms with van der Waals surface area (Å²) in [5.74, 6) is 1.58. The number of benzene rings is 1. The van der Waals surface area contributed by atoms with Crippen LogP contribution in [0.5, 0.6) is 0 Å². The van der Waals surface area contributed by atoms with Crippen LogP contribution in [0.15, 0.2) is 28.8 Å². The molecule has 0 fully saturated rings. The van der Waals surface area contributed by atoms with Crippen LogP contribution in [-0.4, -0.2) is 10.1 Å². The number of rotatable bonds is 3. The van der Waals surface area contributed by atoms with Crippen molar-refractivity contribution in [3.05, 3.63) is 35.7 Å². The minimum absolute atomic E-state index is 0.230. The van der Waals surface area contributed by atoms with Crippen molar-refractivity contribution in [3.63, 3.8) is 0 Å². The van der Waals surface area contributed by atoms with E-state index < -0.39 is 0 Å². The first-order chi connectivity index (χ1) is 8.08. The van der Waals surface area contributed by atoms with Crippen LogP contribution in [0, 0.1) is 0 Å². The fraction of sp³-hybridized carbons (Fsp3) is 0.385. The maximum atomic E-state index is 5.67. The average molecular weight is 231 g/mol. The molecule has 0 aliphatic heterocycles. The summed E-state index contributed by atoms with van der Waals surface area (Å²) >= 11 is 0. The fourth-order valence-corrected chi connectivity index (χ4v) is 1.55. The summed E-state index contributed by atoms with van der Waals surface area (Å²) in [5.41, 5.74) is 7.92. The van der Waals surface area contributed by atoms with Crippen LogP contribution in [0.1, 0.15) is 44.2 Å². The molecule has 0 aliphatic carbocycles. The lowest BCUT2D eigenvalue weighted by Gasteiger charge is -2.04. The monoisotopic (exact) mass is 231 g/mol. The van der Waals surface area contributed by atoms with Gasteiger partial charge in [-0.1, -0.05) is 43.3 Å². The first-order valence-corrected chi connectivity index (χ1v) is 5.77. The summed E-state index contributed by atoms with van der Waals surface area (Å²) in [7, 11) is 0. The Morgan fingerprint density at radius 3 is 2.24 bits per heavy atom. The lowest BCUT2D eigenvalue weighted by Crippen LogP contribution is -2.04. The average Bonchev–Trinajstić information content (AvgIpc) is 2.78. The third kappa shape index (κ3) is 2.53. The van der Waals surface area contributed by atoms with Gasteiger partial charge in [-0.15, -0.1) is 0 Å². The second-order valence-electron chi connectivity index (χ2n) is 4.52. The molecule has 0 radical (unpaired) electrons. The van der Waals surface area contributed by atoms with E-state index in [0.717, 1.165) is 5.56 Å². The van der Waals surface area contributed by atoms with Gasteiger partial charge >= 0.3 is 0 Å². The second kappa shape index (κ2) is 4.67. The molecule has 90 valence electrons. The third-order valence-electron chi connectivity index (χ3n) is 2.67. The number of hydrogen-bond acceptors (Lipinski definition) is 4. The summed E-state index contributed by atoms with van der Waals surface area (Å²) in [5, 5.41) is 3.92. The standard InChI is InChI=1S/C13H17N3O/c1-8(2)10-4-6-11(7-5-10)12-15-13(9(3)14)17-16-12/h4-9H,14H2,1-3H3. The zero-order valence-electron chi connectivity index (χ0n) is 10.3. The van der Waals surface area contributed by atoms with Crippen LogP contribution < -0.4 is 5.73 Å². The number of nitrogens with zero attached hydrogens (tertiary/aromatic N) is 2. The van der Waals surface area contributed by atoms with Gasteiger partial charge in [-0.05, 0) is 18.4 Å². The first kappa shape index (κ1) is 11.8. The molecule has 17 heavy (non-hydrogen) atoms. The highest BCUT2D eigenvalue weighted by atomic mass is 16.5. The molecule has 1 aromatic carbocycles. The van der Waals surface area contributed by atoms with Crippen LogP contribution in [-0.2, 0) is 0 Å². The maximum Gasteiger partial charge on any atom is 0.243 e. The second-order valence-corrected chi connectivity index (χ2v) is 4.52. The Morgan fingerprint density at radius 2 is 1.76 bits per heavy atom. The topological polar surface area (TPSA) is 64.9 Å². The van der Waals surface area contributed by atoms with E-state index in [1.165, 1.54) is 5.56 Å². The largest absolute Gasteiger partial charge is 0.337 e. The fourth-order valence-electron chi connectivity index (χ4n) is 1.55. The molecule has 0 spiro atoms. The predicted molar refractivity (Wildman–Crippen MR) is 66.4 cm³/mol. The van der Waals surface area contributed by atoms with Gasteiger partial charge in [0.05, 0.1) is 6.04 Å². The van der Waals surface area contributed by atoms with Gasteiger partial charge in [-0.25, -0.2) is 0 Å². The van der Waals surface area contributed by atoms with Crippen molar-refractivity contribution in [2.24, 2.45) is 5.73 Å². The van der Waals surface area contributed by atoms with Gasteiger partial charge in [0.1, 0.15) is 0 Å². The minimum Gasteiger partial charge on any atom is -0.337 e. The smallest absolute Gasteiger partial charge is 0.243 e. The molecule has 1 aromatic heterocycles. The van der Waals surface area contributed by atoms with Crippen molar-refractivity contribution in [1.29, 1.82) is 0 Å². The molecule has 1 atom stereocenters. The number of aromatic nitrogens is 2. The number of hydrogen-bond donors (Lipinski definition) is 1. The Hall–Kier alpha value is -1.68. The highest BCUT2D eigenvalue weighted by molar-refractivity contribution is 5.54. The number of nitrogens with two attached hydrogens (primary N) is 1. The summed E-state index contributed by atoms with van der Waals surface area (Å²) < 4.78 is 5.07. The van der Waals surface area contributed by atoms with E-state index in [0.29, 0.717) is 17.6 Å². The third-order valence-corrected chi connectivity index (χ3v) is 2.67. The van der Waals surface area contributed by atoms with E-state index in [2.05, 4.69) is 36.1 Å². The SMILES string of the molecule is CC(C)c1ccc(-c2noc(C(C)N)n2)cc1. The Morgan fingerprint density at radius 1 is 1.12 bits per heavy atom. The van der Waals surface area contributed by atoms with E-state index in [1.807, 2.05) is 19.1 Å². The van der Waals surface area contributed by atoms with E-state index >= 15 is 0 Å². The van der Waals surface area contributed by atoms with Gasteiger partial charge in [0.15, 0.2) is 0 Å². The van der Waals surface area contributed by atoms with Crippen molar-refractivity contribution in [2.45, 2.75) is 32.7 Å². The molecule has 0 aliphatic rings. The molecule has 0 saturated heterocycles. The Kier molecular flexibility index (Phi) is 3.24. The van der Waals surface area contributed by atoms with Crippen LogP contribution >= 0.6 is 0 Å². The van der Waals surface area contributed by atoms with Crippen LogP contribution in [0.2, 0.25) is 0 Å².